The van der Waals surface area contributed by atoms with Gasteiger partial charge in [-0.2, -0.15) is 0 Å². The Balaban J connectivity index is 1.24. The lowest BCUT2D eigenvalue weighted by Crippen LogP contribution is -2.14. The number of fused-ring (bicyclic) bond motifs is 9. The number of nitrogens with zero attached hydrogens (tertiary/aromatic N) is 6. The Morgan fingerprint density at radius 2 is 1.04 bits per heavy atom. The third kappa shape index (κ3) is 4.50. The lowest BCUT2D eigenvalue weighted by atomic mass is 9.94. The van der Waals surface area contributed by atoms with Crippen LogP contribution in [0.1, 0.15) is 0 Å². The van der Waals surface area contributed by atoms with Gasteiger partial charge in [-0.05, 0) is 47.2 Å². The Labute approximate surface area is 288 Å². The lowest BCUT2D eigenvalue weighted by Gasteiger charge is -2.25. The van der Waals surface area contributed by atoms with E-state index in [1.54, 1.807) is 0 Å². The third-order valence-corrected chi connectivity index (χ3v) is 9.37. The summed E-state index contributed by atoms with van der Waals surface area (Å²) in [6.07, 6.45) is 0. The van der Waals surface area contributed by atoms with Crippen molar-refractivity contribution in [3.8, 4) is 51.0 Å². The minimum Gasteiger partial charge on any atom is -0.280 e. The molecule has 2 aromatic heterocycles. The normalized spacial score (nSPS) is 12.0. The monoisotopic (exact) mass is 640 g/mol. The van der Waals surface area contributed by atoms with Crippen LogP contribution in [0.3, 0.4) is 0 Å². The molecule has 0 amide bonds. The van der Waals surface area contributed by atoms with Crippen molar-refractivity contribution in [2.75, 3.05) is 4.90 Å². The summed E-state index contributed by atoms with van der Waals surface area (Å²) in [5, 5.41) is 2.37. The predicted octanol–water partition coefficient (Wildman–Crippen LogP) is 10.8. The van der Waals surface area contributed by atoms with Crippen molar-refractivity contribution in [2.45, 2.75) is 0 Å². The zero-order chi connectivity index (χ0) is 33.0. The second-order valence-electron chi connectivity index (χ2n) is 12.4. The van der Waals surface area contributed by atoms with Gasteiger partial charge in [-0.3, -0.25) is 9.47 Å². The fourth-order valence-corrected chi connectivity index (χ4v) is 7.09. The second-order valence-corrected chi connectivity index (χ2v) is 12.4. The quantitative estimate of drug-likeness (QED) is 0.192. The molecule has 1 aliphatic rings. The molecule has 1 aliphatic heterocycles. The number of aromatic nitrogens is 5. The molecule has 7 aromatic carbocycles. The van der Waals surface area contributed by atoms with E-state index < -0.39 is 0 Å². The van der Waals surface area contributed by atoms with Gasteiger partial charge in [0.25, 0.3) is 0 Å². The molecule has 9 aromatic rings. The molecule has 0 bridgehead atoms. The summed E-state index contributed by atoms with van der Waals surface area (Å²) >= 11 is 0. The van der Waals surface area contributed by atoms with E-state index in [-0.39, 0.29) is 0 Å². The largest absolute Gasteiger partial charge is 0.280 e. The summed E-state index contributed by atoms with van der Waals surface area (Å²) in [5.41, 5.74) is 10.1. The fourth-order valence-electron chi connectivity index (χ4n) is 7.09. The molecule has 6 nitrogen and oxygen atoms in total. The highest BCUT2D eigenvalue weighted by Crippen LogP contribution is 2.50. The molecule has 50 heavy (non-hydrogen) atoms. The topological polar surface area (TPSA) is 59.7 Å². The van der Waals surface area contributed by atoms with Gasteiger partial charge in [0, 0.05) is 33.5 Å². The number of anilines is 3. The van der Waals surface area contributed by atoms with E-state index in [1.807, 2.05) is 66.7 Å². The summed E-state index contributed by atoms with van der Waals surface area (Å²) < 4.78 is 2.29. The van der Waals surface area contributed by atoms with Gasteiger partial charge in [0.05, 0.1) is 22.4 Å². The molecule has 0 unspecified atom stereocenters. The van der Waals surface area contributed by atoms with Gasteiger partial charge < -0.3 is 0 Å². The summed E-state index contributed by atoms with van der Waals surface area (Å²) in [7, 11) is 0. The number of imidazole rings is 1. The van der Waals surface area contributed by atoms with Crippen LogP contribution >= 0.6 is 0 Å². The lowest BCUT2D eigenvalue weighted by molar-refractivity contribution is 1.05. The van der Waals surface area contributed by atoms with E-state index in [9.17, 15) is 0 Å². The number of para-hydroxylation sites is 3. The van der Waals surface area contributed by atoms with Crippen LogP contribution in [0.2, 0.25) is 0 Å². The number of benzene rings is 7. The molecule has 0 N–H and O–H groups in total. The zero-order valence-electron chi connectivity index (χ0n) is 26.8. The van der Waals surface area contributed by atoms with E-state index in [2.05, 4.69) is 113 Å². The van der Waals surface area contributed by atoms with Crippen LogP contribution in [0.4, 0.5) is 17.3 Å². The SMILES string of the molecule is c1ccc(-c2nc(-c3ccccc3)nc(-c3cccc(N4c5ccc6ccccc6c5-c5ccccc5-n5c4nc4ccccc45)c3)n2)cc1. The minimum atomic E-state index is 0.602. The first-order valence-electron chi connectivity index (χ1n) is 16.7. The van der Waals surface area contributed by atoms with E-state index >= 15 is 0 Å². The first-order valence-corrected chi connectivity index (χ1v) is 16.7. The van der Waals surface area contributed by atoms with Crippen LogP contribution in [-0.4, -0.2) is 24.5 Å². The maximum Gasteiger partial charge on any atom is 0.220 e. The number of hydrogen-bond acceptors (Lipinski definition) is 5. The first-order chi connectivity index (χ1) is 24.8. The molecule has 3 heterocycles. The van der Waals surface area contributed by atoms with Crippen molar-refractivity contribution in [3.63, 3.8) is 0 Å². The Morgan fingerprint density at radius 1 is 0.420 bits per heavy atom. The van der Waals surface area contributed by atoms with Crippen LogP contribution in [0.25, 0.3) is 72.8 Å². The van der Waals surface area contributed by atoms with Crippen LogP contribution in [0.15, 0.2) is 170 Å². The second kappa shape index (κ2) is 11.4. The molecule has 6 heteroatoms. The van der Waals surface area contributed by atoms with E-state index in [4.69, 9.17) is 19.9 Å². The van der Waals surface area contributed by atoms with Crippen molar-refractivity contribution >= 4 is 39.1 Å². The fraction of sp³-hybridized carbons (Fsp3) is 0. The molecule has 0 atom stereocenters. The van der Waals surface area contributed by atoms with E-state index in [1.165, 1.54) is 10.8 Å². The summed E-state index contributed by atoms with van der Waals surface area (Å²) in [4.78, 5) is 22.6. The standard InChI is InChI=1S/C44H28N6/c1-3-15-30(16-4-1)41-46-42(31-17-5-2-6-18-31)48-43(47-41)32-19-13-20-33(28-32)49-39-27-26-29-14-7-8-21-34(29)40(39)35-22-9-11-24-37(35)50-38-25-12-10-23-36(38)45-44(49)50/h1-28H. The smallest absolute Gasteiger partial charge is 0.220 e. The number of rotatable bonds is 4. The number of hydrogen-bond donors (Lipinski definition) is 0. The van der Waals surface area contributed by atoms with Crippen LogP contribution < -0.4 is 4.90 Å². The van der Waals surface area contributed by atoms with Crippen molar-refractivity contribution in [1.82, 2.24) is 24.5 Å². The maximum atomic E-state index is 5.31. The molecule has 0 aliphatic carbocycles. The van der Waals surface area contributed by atoms with Crippen molar-refractivity contribution in [3.05, 3.63) is 170 Å². The van der Waals surface area contributed by atoms with Crippen molar-refractivity contribution in [2.24, 2.45) is 0 Å². The van der Waals surface area contributed by atoms with Crippen LogP contribution in [0.5, 0.6) is 0 Å². The molecule has 0 spiro atoms. The van der Waals surface area contributed by atoms with Crippen LogP contribution in [-0.2, 0) is 0 Å². The maximum absolute atomic E-state index is 5.31. The highest BCUT2D eigenvalue weighted by atomic mass is 15.3. The Kier molecular flexibility index (Phi) is 6.39. The Morgan fingerprint density at radius 3 is 1.82 bits per heavy atom. The zero-order valence-corrected chi connectivity index (χ0v) is 26.8. The Bertz CT molecular complexity index is 2660. The average molecular weight is 641 g/mol. The highest BCUT2D eigenvalue weighted by Gasteiger charge is 2.30. The van der Waals surface area contributed by atoms with Crippen molar-refractivity contribution in [1.29, 1.82) is 0 Å². The van der Waals surface area contributed by atoms with Gasteiger partial charge in [-0.15, -0.1) is 0 Å². The summed E-state index contributed by atoms with van der Waals surface area (Å²) in [5.74, 6) is 2.67. The third-order valence-electron chi connectivity index (χ3n) is 9.37. The molecule has 234 valence electrons. The van der Waals surface area contributed by atoms with Gasteiger partial charge in [0.2, 0.25) is 5.95 Å². The molecule has 0 saturated heterocycles. The summed E-state index contributed by atoms with van der Waals surface area (Å²) in [6, 6.07) is 58.6. The molecule has 0 saturated carbocycles. The molecular weight excluding hydrogens is 613 g/mol. The van der Waals surface area contributed by atoms with E-state index in [0.29, 0.717) is 17.5 Å². The van der Waals surface area contributed by atoms with Crippen LogP contribution in [0, 0.1) is 0 Å². The molecule has 0 fully saturated rings. The molecular formula is C44H28N6. The predicted molar refractivity (Wildman–Crippen MR) is 202 cm³/mol. The first kappa shape index (κ1) is 28.1. The van der Waals surface area contributed by atoms with Gasteiger partial charge >= 0.3 is 0 Å². The highest BCUT2D eigenvalue weighted by molar-refractivity contribution is 6.08. The average Bonchev–Trinajstić information content (AvgIpc) is 3.51. The van der Waals surface area contributed by atoms with Gasteiger partial charge in [-0.1, -0.05) is 133 Å². The van der Waals surface area contributed by atoms with E-state index in [0.717, 1.165) is 61.9 Å². The molecule has 0 radical (unpaired) electrons. The molecule has 10 rings (SSSR count). The van der Waals surface area contributed by atoms with Gasteiger partial charge in [-0.25, -0.2) is 19.9 Å². The van der Waals surface area contributed by atoms with Gasteiger partial charge in [0.1, 0.15) is 0 Å². The minimum absolute atomic E-state index is 0.602. The Hall–Kier alpha value is -6.92. The summed E-state index contributed by atoms with van der Waals surface area (Å²) in [6.45, 7) is 0. The van der Waals surface area contributed by atoms with Crippen molar-refractivity contribution < 1.29 is 0 Å². The van der Waals surface area contributed by atoms with Gasteiger partial charge in [0.15, 0.2) is 17.5 Å².